The highest BCUT2D eigenvalue weighted by Crippen LogP contribution is 2.05. The fourth-order valence-electron chi connectivity index (χ4n) is 1.32. The molecule has 0 unspecified atom stereocenters. The van der Waals surface area contributed by atoms with Gasteiger partial charge < -0.3 is 0 Å². The third-order valence-electron chi connectivity index (χ3n) is 2.11. The quantitative estimate of drug-likeness (QED) is 0.683. The highest BCUT2D eigenvalue weighted by Gasteiger charge is 2.00. The SMILES string of the molecule is CC(C)CCCn1cc(CCCl)nn1. The summed E-state index contributed by atoms with van der Waals surface area (Å²) in [7, 11) is 0. The van der Waals surface area contributed by atoms with E-state index in [9.17, 15) is 0 Å². The van der Waals surface area contributed by atoms with E-state index in [0.29, 0.717) is 5.88 Å². The van der Waals surface area contributed by atoms with Crippen molar-refractivity contribution in [3.05, 3.63) is 11.9 Å². The minimum Gasteiger partial charge on any atom is -0.252 e. The number of hydrogen-bond donors (Lipinski definition) is 0. The number of aromatic nitrogens is 3. The first-order chi connectivity index (χ1) is 6.72. The van der Waals surface area contributed by atoms with Gasteiger partial charge in [0.1, 0.15) is 0 Å². The van der Waals surface area contributed by atoms with E-state index in [1.165, 1.54) is 12.8 Å². The van der Waals surface area contributed by atoms with Crippen LogP contribution in [0.25, 0.3) is 0 Å². The third kappa shape index (κ3) is 4.09. The average Bonchev–Trinajstić information content (AvgIpc) is 2.53. The predicted molar refractivity (Wildman–Crippen MR) is 58.5 cm³/mol. The fourth-order valence-corrected chi connectivity index (χ4v) is 1.51. The third-order valence-corrected chi connectivity index (χ3v) is 2.29. The lowest BCUT2D eigenvalue weighted by Gasteiger charge is -2.03. The van der Waals surface area contributed by atoms with Crippen molar-refractivity contribution >= 4 is 11.6 Å². The van der Waals surface area contributed by atoms with Gasteiger partial charge in [0.15, 0.2) is 0 Å². The molecule has 80 valence electrons. The minimum atomic E-state index is 0.616. The van der Waals surface area contributed by atoms with E-state index < -0.39 is 0 Å². The van der Waals surface area contributed by atoms with Gasteiger partial charge in [-0.1, -0.05) is 19.1 Å². The van der Waals surface area contributed by atoms with Crippen molar-refractivity contribution in [2.24, 2.45) is 5.92 Å². The van der Waals surface area contributed by atoms with Crippen LogP contribution in [0.1, 0.15) is 32.4 Å². The van der Waals surface area contributed by atoms with Crippen molar-refractivity contribution in [1.82, 2.24) is 15.0 Å². The molecule has 1 rings (SSSR count). The first-order valence-corrected chi connectivity index (χ1v) is 5.70. The second kappa shape index (κ2) is 6.02. The largest absolute Gasteiger partial charge is 0.252 e. The molecule has 1 aromatic heterocycles. The van der Waals surface area contributed by atoms with E-state index in [0.717, 1.165) is 24.6 Å². The van der Waals surface area contributed by atoms with Gasteiger partial charge in [-0.25, -0.2) is 0 Å². The van der Waals surface area contributed by atoms with Gasteiger partial charge in [0.2, 0.25) is 0 Å². The Balaban J connectivity index is 2.28. The van der Waals surface area contributed by atoms with Crippen molar-refractivity contribution in [2.75, 3.05) is 5.88 Å². The van der Waals surface area contributed by atoms with Gasteiger partial charge in [-0.05, 0) is 18.8 Å². The van der Waals surface area contributed by atoms with Crippen LogP contribution in [-0.2, 0) is 13.0 Å². The summed E-state index contributed by atoms with van der Waals surface area (Å²) in [5.74, 6) is 1.38. The van der Waals surface area contributed by atoms with Crippen LogP contribution in [0.4, 0.5) is 0 Å². The van der Waals surface area contributed by atoms with Gasteiger partial charge in [-0.3, -0.25) is 4.68 Å². The molecule has 0 aliphatic carbocycles. The van der Waals surface area contributed by atoms with Crippen molar-refractivity contribution in [2.45, 2.75) is 39.7 Å². The summed E-state index contributed by atoms with van der Waals surface area (Å²) in [6, 6.07) is 0. The summed E-state index contributed by atoms with van der Waals surface area (Å²) < 4.78 is 1.91. The molecule has 0 aromatic carbocycles. The standard InChI is InChI=1S/C10H18ClN3/c1-9(2)4-3-7-14-8-10(5-6-11)12-13-14/h8-9H,3-7H2,1-2H3. The molecule has 0 atom stereocenters. The summed E-state index contributed by atoms with van der Waals surface area (Å²) in [6.07, 6.45) is 5.21. The normalized spacial score (nSPS) is 11.1. The zero-order valence-electron chi connectivity index (χ0n) is 8.91. The molecule has 1 aromatic rings. The van der Waals surface area contributed by atoms with E-state index in [1.54, 1.807) is 0 Å². The Morgan fingerprint density at radius 1 is 1.50 bits per heavy atom. The Bertz CT molecular complexity index is 258. The Morgan fingerprint density at radius 3 is 2.93 bits per heavy atom. The first kappa shape index (κ1) is 11.5. The lowest BCUT2D eigenvalue weighted by Crippen LogP contribution is -2.00. The molecule has 14 heavy (non-hydrogen) atoms. The number of alkyl halides is 1. The van der Waals surface area contributed by atoms with E-state index in [-0.39, 0.29) is 0 Å². The molecule has 0 radical (unpaired) electrons. The molecule has 0 bridgehead atoms. The summed E-state index contributed by atoms with van der Waals surface area (Å²) in [6.45, 7) is 5.44. The Labute approximate surface area is 90.4 Å². The summed E-state index contributed by atoms with van der Waals surface area (Å²) in [5.41, 5.74) is 0.990. The number of aryl methyl sites for hydroxylation is 2. The van der Waals surface area contributed by atoms with Crippen molar-refractivity contribution in [3.63, 3.8) is 0 Å². The zero-order valence-corrected chi connectivity index (χ0v) is 9.67. The molecule has 0 saturated carbocycles. The maximum absolute atomic E-state index is 5.61. The molecule has 0 N–H and O–H groups in total. The highest BCUT2D eigenvalue weighted by molar-refractivity contribution is 6.17. The van der Waals surface area contributed by atoms with Gasteiger partial charge in [0, 0.05) is 25.0 Å². The topological polar surface area (TPSA) is 30.7 Å². The molecular weight excluding hydrogens is 198 g/mol. The van der Waals surface area contributed by atoms with Gasteiger partial charge >= 0.3 is 0 Å². The molecule has 0 saturated heterocycles. The van der Waals surface area contributed by atoms with Crippen LogP contribution >= 0.6 is 11.6 Å². The van der Waals surface area contributed by atoms with Crippen molar-refractivity contribution in [1.29, 1.82) is 0 Å². The van der Waals surface area contributed by atoms with Crippen LogP contribution in [0.5, 0.6) is 0 Å². The predicted octanol–water partition coefficient (Wildman–Crippen LogP) is 2.50. The average molecular weight is 216 g/mol. The summed E-state index contributed by atoms with van der Waals surface area (Å²) in [4.78, 5) is 0. The van der Waals surface area contributed by atoms with E-state index in [4.69, 9.17) is 11.6 Å². The molecule has 1 heterocycles. The molecule has 0 fully saturated rings. The highest BCUT2D eigenvalue weighted by atomic mass is 35.5. The van der Waals surface area contributed by atoms with Gasteiger partial charge in [0.25, 0.3) is 0 Å². The van der Waals surface area contributed by atoms with Gasteiger partial charge in [-0.2, -0.15) is 0 Å². The molecule has 0 spiro atoms. The Kier molecular flexibility index (Phi) is 4.94. The van der Waals surface area contributed by atoms with E-state index in [1.807, 2.05) is 10.9 Å². The van der Waals surface area contributed by atoms with Crippen molar-refractivity contribution in [3.8, 4) is 0 Å². The lowest BCUT2D eigenvalue weighted by molar-refractivity contribution is 0.482. The molecule has 0 amide bonds. The molecule has 0 aliphatic rings. The summed E-state index contributed by atoms with van der Waals surface area (Å²) in [5, 5.41) is 8.07. The molecular formula is C10H18ClN3. The second-order valence-electron chi connectivity index (χ2n) is 3.95. The van der Waals surface area contributed by atoms with Gasteiger partial charge in [0.05, 0.1) is 5.69 Å². The fraction of sp³-hybridized carbons (Fsp3) is 0.800. The number of rotatable bonds is 6. The second-order valence-corrected chi connectivity index (χ2v) is 4.33. The van der Waals surface area contributed by atoms with E-state index >= 15 is 0 Å². The summed E-state index contributed by atoms with van der Waals surface area (Å²) >= 11 is 5.61. The van der Waals surface area contributed by atoms with E-state index in [2.05, 4.69) is 24.2 Å². The van der Waals surface area contributed by atoms with Gasteiger partial charge in [-0.15, -0.1) is 16.7 Å². The maximum Gasteiger partial charge on any atom is 0.0839 e. The first-order valence-electron chi connectivity index (χ1n) is 5.17. The monoisotopic (exact) mass is 215 g/mol. The number of halogens is 1. The number of nitrogens with zero attached hydrogens (tertiary/aromatic N) is 3. The van der Waals surface area contributed by atoms with Crippen LogP contribution in [-0.4, -0.2) is 20.9 Å². The molecule has 0 aliphatic heterocycles. The smallest absolute Gasteiger partial charge is 0.0839 e. The number of hydrogen-bond acceptors (Lipinski definition) is 2. The van der Waals surface area contributed by atoms with Crippen LogP contribution in [0.3, 0.4) is 0 Å². The lowest BCUT2D eigenvalue weighted by atomic mass is 10.1. The van der Waals surface area contributed by atoms with Crippen LogP contribution in [0, 0.1) is 5.92 Å². The Morgan fingerprint density at radius 2 is 2.29 bits per heavy atom. The maximum atomic E-state index is 5.61. The van der Waals surface area contributed by atoms with Crippen LogP contribution in [0.2, 0.25) is 0 Å². The van der Waals surface area contributed by atoms with Crippen LogP contribution < -0.4 is 0 Å². The van der Waals surface area contributed by atoms with Crippen LogP contribution in [0.15, 0.2) is 6.20 Å². The zero-order chi connectivity index (χ0) is 10.4. The van der Waals surface area contributed by atoms with Crippen molar-refractivity contribution < 1.29 is 0 Å². The minimum absolute atomic E-state index is 0.616. The molecule has 4 heteroatoms. The Hall–Kier alpha value is -0.570. The molecule has 3 nitrogen and oxygen atoms in total.